The number of halogens is 1. The molecule has 0 bridgehead atoms. The molecule has 0 radical (unpaired) electrons. The third kappa shape index (κ3) is 5.99. The molecule has 1 heterocycles. The number of carboxylic acid groups (broad SMARTS) is 1. The van der Waals surface area contributed by atoms with Crippen LogP contribution in [-0.4, -0.2) is 23.8 Å². The van der Waals surface area contributed by atoms with Gasteiger partial charge in [0.2, 0.25) is 0 Å². The first-order valence-electron chi connectivity index (χ1n) is 11.6. The molecule has 3 rings (SSSR count). The molecule has 2 aromatic rings. The smallest absolute Gasteiger partial charge is 0.341 e. The summed E-state index contributed by atoms with van der Waals surface area (Å²) in [4.78, 5) is 11.2. The molecular weight excluding hydrogens is 436 g/mol. The summed E-state index contributed by atoms with van der Waals surface area (Å²) in [6.45, 7) is 14.6. The van der Waals surface area contributed by atoms with Crippen LogP contribution in [0.15, 0.2) is 54.6 Å². The fourth-order valence-electron chi connectivity index (χ4n) is 4.74. The second-order valence-electron chi connectivity index (χ2n) is 9.75. The molecule has 1 aliphatic heterocycles. The standard InChI is InChI=1S/C28H35ClO4/c1-16(2)19-10-11-25(32-15-26(30)31)24(13-19)28-22(17(3)4)14-23(27(33-28)18(5)6)20-8-7-9-21(29)12-20/h7-13,16,18,22-23,27-28H,3,14-15H2,1-2,4-6H3,(H,30,31)/t22-,23-,27+,28+/m1/s1. The highest BCUT2D eigenvalue weighted by Crippen LogP contribution is 2.50. The molecular formula is C28H35ClO4. The molecule has 178 valence electrons. The second-order valence-corrected chi connectivity index (χ2v) is 10.2. The van der Waals surface area contributed by atoms with Gasteiger partial charge in [-0.2, -0.15) is 0 Å². The molecule has 5 heteroatoms. The second kappa shape index (κ2) is 10.8. The molecule has 0 unspecified atom stereocenters. The number of carboxylic acids is 1. The summed E-state index contributed by atoms with van der Waals surface area (Å²) in [7, 11) is 0. The third-order valence-electron chi connectivity index (χ3n) is 6.50. The van der Waals surface area contributed by atoms with Crippen LogP contribution in [-0.2, 0) is 9.53 Å². The Kier molecular flexibility index (Phi) is 8.25. The Labute approximate surface area is 202 Å². The SMILES string of the molecule is C=C(C)[C@H]1C[C@H](c2cccc(Cl)c2)[C@H](C(C)C)O[C@@H]1c1cc(C(C)C)ccc1OCC(=O)O. The number of benzene rings is 2. The van der Waals surface area contributed by atoms with Gasteiger partial charge in [0.1, 0.15) is 5.75 Å². The number of aliphatic carboxylic acids is 1. The number of ether oxygens (including phenoxy) is 2. The van der Waals surface area contributed by atoms with Crippen molar-refractivity contribution in [2.24, 2.45) is 11.8 Å². The minimum Gasteiger partial charge on any atom is -0.482 e. The Morgan fingerprint density at radius 3 is 2.52 bits per heavy atom. The number of rotatable bonds is 8. The van der Waals surface area contributed by atoms with Gasteiger partial charge in [-0.15, -0.1) is 0 Å². The minimum absolute atomic E-state index is 0.0286. The summed E-state index contributed by atoms with van der Waals surface area (Å²) >= 11 is 6.32. The average Bonchev–Trinajstić information content (AvgIpc) is 2.76. The van der Waals surface area contributed by atoms with Crippen LogP contribution in [0.25, 0.3) is 0 Å². The van der Waals surface area contributed by atoms with Crippen molar-refractivity contribution < 1.29 is 19.4 Å². The fourth-order valence-corrected chi connectivity index (χ4v) is 4.94. The van der Waals surface area contributed by atoms with Gasteiger partial charge in [0, 0.05) is 22.4 Å². The van der Waals surface area contributed by atoms with Crippen molar-refractivity contribution in [1.29, 1.82) is 0 Å². The van der Waals surface area contributed by atoms with Crippen molar-refractivity contribution >= 4 is 17.6 Å². The van der Waals surface area contributed by atoms with Crippen molar-refractivity contribution in [2.75, 3.05) is 6.61 Å². The van der Waals surface area contributed by atoms with Gasteiger partial charge in [-0.05, 0) is 60.6 Å². The zero-order valence-corrected chi connectivity index (χ0v) is 20.9. The Hall–Kier alpha value is -2.30. The van der Waals surface area contributed by atoms with E-state index < -0.39 is 12.6 Å². The van der Waals surface area contributed by atoms with E-state index in [0.29, 0.717) is 11.7 Å². The van der Waals surface area contributed by atoms with Gasteiger partial charge in [-0.1, -0.05) is 69.6 Å². The topological polar surface area (TPSA) is 55.8 Å². The molecule has 0 aromatic heterocycles. The molecule has 4 atom stereocenters. The molecule has 1 aliphatic rings. The van der Waals surface area contributed by atoms with Gasteiger partial charge in [0.05, 0.1) is 12.2 Å². The summed E-state index contributed by atoms with van der Waals surface area (Å²) in [6.07, 6.45) is 0.569. The highest BCUT2D eigenvalue weighted by Gasteiger charge is 2.42. The van der Waals surface area contributed by atoms with Gasteiger partial charge >= 0.3 is 5.97 Å². The lowest BCUT2D eigenvalue weighted by Gasteiger charge is -2.44. The lowest BCUT2D eigenvalue weighted by atomic mass is 9.73. The maximum Gasteiger partial charge on any atom is 0.341 e. The molecule has 1 saturated heterocycles. The van der Waals surface area contributed by atoms with Gasteiger partial charge < -0.3 is 14.6 Å². The Bertz CT molecular complexity index is 997. The molecule has 1 fully saturated rings. The van der Waals surface area contributed by atoms with E-state index in [1.54, 1.807) is 0 Å². The third-order valence-corrected chi connectivity index (χ3v) is 6.73. The lowest BCUT2D eigenvalue weighted by Crippen LogP contribution is -2.39. The van der Waals surface area contributed by atoms with Gasteiger partial charge in [-0.25, -0.2) is 4.79 Å². The highest BCUT2D eigenvalue weighted by atomic mass is 35.5. The zero-order chi connectivity index (χ0) is 24.3. The van der Waals surface area contributed by atoms with E-state index in [1.165, 1.54) is 5.56 Å². The summed E-state index contributed by atoms with van der Waals surface area (Å²) < 4.78 is 12.6. The predicted molar refractivity (Wildman–Crippen MR) is 133 cm³/mol. The van der Waals surface area contributed by atoms with E-state index in [-0.39, 0.29) is 30.0 Å². The number of hydrogen-bond donors (Lipinski definition) is 1. The summed E-state index contributed by atoms with van der Waals surface area (Å²) in [5.41, 5.74) is 4.26. The van der Waals surface area contributed by atoms with Crippen LogP contribution in [0.4, 0.5) is 0 Å². The van der Waals surface area contributed by atoms with E-state index >= 15 is 0 Å². The number of hydrogen-bond acceptors (Lipinski definition) is 3. The van der Waals surface area contributed by atoms with Crippen LogP contribution >= 0.6 is 11.6 Å². The first-order chi connectivity index (χ1) is 15.6. The van der Waals surface area contributed by atoms with Crippen molar-refractivity contribution in [3.63, 3.8) is 0 Å². The van der Waals surface area contributed by atoms with E-state index in [9.17, 15) is 9.90 Å². The minimum atomic E-state index is -1.00. The Morgan fingerprint density at radius 2 is 1.94 bits per heavy atom. The quantitative estimate of drug-likeness (QED) is 0.408. The molecule has 0 aliphatic carbocycles. The van der Waals surface area contributed by atoms with E-state index in [0.717, 1.165) is 28.1 Å². The van der Waals surface area contributed by atoms with Crippen molar-refractivity contribution in [1.82, 2.24) is 0 Å². The molecule has 0 saturated carbocycles. The van der Waals surface area contributed by atoms with Gasteiger partial charge in [-0.3, -0.25) is 0 Å². The predicted octanol–water partition coefficient (Wildman–Crippen LogP) is 7.39. The van der Waals surface area contributed by atoms with Gasteiger partial charge in [0.15, 0.2) is 6.61 Å². The first kappa shape index (κ1) is 25.3. The Balaban J connectivity index is 2.07. The molecule has 0 amide bonds. The van der Waals surface area contributed by atoms with E-state index in [4.69, 9.17) is 21.1 Å². The lowest BCUT2D eigenvalue weighted by molar-refractivity contribution is -0.139. The van der Waals surface area contributed by atoms with Crippen LogP contribution in [0.1, 0.15) is 75.7 Å². The highest BCUT2D eigenvalue weighted by molar-refractivity contribution is 6.30. The fraction of sp³-hybridized carbons (Fsp3) is 0.464. The van der Waals surface area contributed by atoms with Gasteiger partial charge in [0.25, 0.3) is 0 Å². The monoisotopic (exact) mass is 470 g/mol. The molecule has 1 N–H and O–H groups in total. The van der Waals surface area contributed by atoms with Crippen LogP contribution in [0.5, 0.6) is 5.75 Å². The largest absolute Gasteiger partial charge is 0.482 e. The van der Waals surface area contributed by atoms with Crippen molar-refractivity contribution in [3.8, 4) is 5.75 Å². The van der Waals surface area contributed by atoms with Crippen LogP contribution < -0.4 is 4.74 Å². The zero-order valence-electron chi connectivity index (χ0n) is 20.2. The normalized spacial score (nSPS) is 23.0. The number of carbonyl (C=O) groups is 1. The Morgan fingerprint density at radius 1 is 1.21 bits per heavy atom. The average molecular weight is 471 g/mol. The van der Waals surface area contributed by atoms with Crippen LogP contribution in [0.2, 0.25) is 5.02 Å². The maximum atomic E-state index is 11.2. The van der Waals surface area contributed by atoms with E-state index in [1.807, 2.05) is 37.3 Å². The molecule has 4 nitrogen and oxygen atoms in total. The van der Waals surface area contributed by atoms with Crippen molar-refractivity contribution in [3.05, 3.63) is 76.3 Å². The summed E-state index contributed by atoms with van der Waals surface area (Å²) in [5.74, 6) is 0.387. The maximum absolute atomic E-state index is 11.2. The summed E-state index contributed by atoms with van der Waals surface area (Å²) in [6, 6.07) is 14.0. The molecule has 2 aromatic carbocycles. The first-order valence-corrected chi connectivity index (χ1v) is 12.0. The molecule has 33 heavy (non-hydrogen) atoms. The van der Waals surface area contributed by atoms with Crippen LogP contribution in [0, 0.1) is 11.8 Å². The van der Waals surface area contributed by atoms with Crippen LogP contribution in [0.3, 0.4) is 0 Å². The molecule has 0 spiro atoms. The van der Waals surface area contributed by atoms with Crippen molar-refractivity contribution in [2.45, 2.75) is 65.1 Å². The van der Waals surface area contributed by atoms with E-state index in [2.05, 4.69) is 46.4 Å². The summed E-state index contributed by atoms with van der Waals surface area (Å²) in [5, 5.41) is 9.90.